The molecule has 0 saturated carbocycles. The Kier molecular flexibility index (Phi) is 4.07. The van der Waals surface area contributed by atoms with E-state index in [1.165, 1.54) is 15.3 Å². The predicted molar refractivity (Wildman–Crippen MR) is 78.6 cm³/mol. The van der Waals surface area contributed by atoms with Gasteiger partial charge in [-0.3, -0.25) is 9.78 Å². The zero-order valence-electron chi connectivity index (χ0n) is 12.8. The molecule has 0 aliphatic carbocycles. The van der Waals surface area contributed by atoms with Gasteiger partial charge in [-0.15, -0.1) is 0 Å². The third-order valence-corrected chi connectivity index (χ3v) is 5.81. The van der Waals surface area contributed by atoms with Gasteiger partial charge in [-0.05, 0) is 24.5 Å². The van der Waals surface area contributed by atoms with Crippen molar-refractivity contribution in [3.05, 3.63) is 29.6 Å². The number of aromatic nitrogens is 1. The first-order valence-electron chi connectivity index (χ1n) is 7.36. The molecule has 0 bridgehead atoms. The summed E-state index contributed by atoms with van der Waals surface area (Å²) in [7, 11) is -3.36. The molecule has 24 heavy (non-hydrogen) atoms. The van der Waals surface area contributed by atoms with Gasteiger partial charge in [-0.25, -0.2) is 8.42 Å². The molecule has 0 radical (unpaired) electrons. The molecule has 1 amide bonds. The Morgan fingerprint density at radius 1 is 1.33 bits per heavy atom. The van der Waals surface area contributed by atoms with Gasteiger partial charge >= 0.3 is 6.18 Å². The average molecular weight is 363 g/mol. The van der Waals surface area contributed by atoms with Gasteiger partial charge in [0.2, 0.25) is 10.0 Å². The van der Waals surface area contributed by atoms with Crippen LogP contribution in [0.25, 0.3) is 0 Å². The van der Waals surface area contributed by atoms with Gasteiger partial charge in [0.05, 0.1) is 6.26 Å². The number of pyridine rings is 1. The van der Waals surface area contributed by atoms with Crippen molar-refractivity contribution in [2.45, 2.75) is 18.6 Å². The van der Waals surface area contributed by atoms with Gasteiger partial charge in [0.25, 0.3) is 5.91 Å². The lowest BCUT2D eigenvalue weighted by Gasteiger charge is -2.22. The number of carbonyl (C=O) groups excluding carboxylic acids is 1. The summed E-state index contributed by atoms with van der Waals surface area (Å²) in [5.74, 6) is -0.515. The van der Waals surface area contributed by atoms with Crippen molar-refractivity contribution >= 4 is 15.9 Å². The van der Waals surface area contributed by atoms with Crippen LogP contribution < -0.4 is 0 Å². The van der Waals surface area contributed by atoms with Gasteiger partial charge < -0.3 is 4.90 Å². The smallest absolute Gasteiger partial charge is 0.337 e. The zero-order valence-corrected chi connectivity index (χ0v) is 13.6. The molecule has 2 saturated heterocycles. The van der Waals surface area contributed by atoms with E-state index in [1.807, 2.05) is 0 Å². The standard InChI is InChI=1S/C14H16F3N3O3S/c1-24(22,23)20-5-3-10-7-19(8-11(10)20)13(21)9-2-4-18-12(6-9)14(15,16)17/h2,4,6,10-11H,3,5,7-8H2,1H3/t10-,11+/m1/s1. The van der Waals surface area contributed by atoms with E-state index in [-0.39, 0.29) is 24.1 Å². The number of rotatable bonds is 2. The summed E-state index contributed by atoms with van der Waals surface area (Å²) in [6.45, 7) is 0.961. The van der Waals surface area contributed by atoms with Crippen molar-refractivity contribution in [3.63, 3.8) is 0 Å². The zero-order chi connectivity index (χ0) is 17.7. The molecule has 0 aromatic carbocycles. The fraction of sp³-hybridized carbons (Fsp3) is 0.571. The second kappa shape index (κ2) is 5.69. The van der Waals surface area contributed by atoms with Gasteiger partial charge in [-0.1, -0.05) is 0 Å². The predicted octanol–water partition coefficient (Wildman–Crippen LogP) is 1.21. The summed E-state index contributed by atoms with van der Waals surface area (Å²) in [6, 6.07) is 1.66. The summed E-state index contributed by atoms with van der Waals surface area (Å²) >= 11 is 0. The van der Waals surface area contributed by atoms with E-state index in [0.717, 1.165) is 18.5 Å². The van der Waals surface area contributed by atoms with Gasteiger partial charge in [0.1, 0.15) is 5.69 Å². The van der Waals surface area contributed by atoms with E-state index < -0.39 is 27.8 Å². The number of fused-ring (bicyclic) bond motifs is 1. The fourth-order valence-electron chi connectivity index (χ4n) is 3.40. The second-order valence-corrected chi connectivity index (χ2v) is 8.06. The van der Waals surface area contributed by atoms with E-state index in [2.05, 4.69) is 4.98 Å². The first kappa shape index (κ1) is 17.2. The molecule has 0 unspecified atom stereocenters. The highest BCUT2D eigenvalue weighted by molar-refractivity contribution is 7.88. The monoisotopic (exact) mass is 363 g/mol. The Morgan fingerprint density at radius 2 is 2.04 bits per heavy atom. The molecule has 2 aliphatic rings. The van der Waals surface area contributed by atoms with Crippen LogP contribution in [0.1, 0.15) is 22.5 Å². The lowest BCUT2D eigenvalue weighted by atomic mass is 10.1. The van der Waals surface area contributed by atoms with Crippen LogP contribution in [-0.4, -0.2) is 60.4 Å². The number of sulfonamides is 1. The number of alkyl halides is 3. The minimum Gasteiger partial charge on any atom is -0.337 e. The first-order valence-corrected chi connectivity index (χ1v) is 9.21. The molecule has 0 N–H and O–H groups in total. The third kappa shape index (κ3) is 3.12. The molecule has 1 aromatic heterocycles. The van der Waals surface area contributed by atoms with Crippen molar-refractivity contribution in [1.29, 1.82) is 0 Å². The van der Waals surface area contributed by atoms with Crippen LogP contribution in [0.3, 0.4) is 0 Å². The highest BCUT2D eigenvalue weighted by atomic mass is 32.2. The van der Waals surface area contributed by atoms with Gasteiger partial charge in [0, 0.05) is 37.4 Å². The van der Waals surface area contributed by atoms with Crippen LogP contribution in [0.5, 0.6) is 0 Å². The Hall–Kier alpha value is -1.68. The van der Waals surface area contributed by atoms with E-state index in [9.17, 15) is 26.4 Å². The quantitative estimate of drug-likeness (QED) is 0.792. The normalized spacial score (nSPS) is 25.1. The Balaban J connectivity index is 1.79. The molecular formula is C14H16F3N3O3S. The summed E-state index contributed by atoms with van der Waals surface area (Å²) in [6.07, 6.45) is -1.90. The lowest BCUT2D eigenvalue weighted by molar-refractivity contribution is -0.141. The number of amides is 1. The van der Waals surface area contributed by atoms with Crippen LogP contribution in [-0.2, 0) is 16.2 Å². The number of hydrogen-bond donors (Lipinski definition) is 0. The fourth-order valence-corrected chi connectivity index (χ4v) is 4.57. The average Bonchev–Trinajstić information content (AvgIpc) is 3.04. The Morgan fingerprint density at radius 3 is 2.67 bits per heavy atom. The van der Waals surface area contributed by atoms with Crippen LogP contribution in [0, 0.1) is 5.92 Å². The molecule has 10 heteroatoms. The number of nitrogens with zero attached hydrogens (tertiary/aromatic N) is 3. The molecule has 2 aliphatic heterocycles. The first-order chi connectivity index (χ1) is 11.1. The third-order valence-electron chi connectivity index (χ3n) is 4.51. The van der Waals surface area contributed by atoms with E-state index >= 15 is 0 Å². The van der Waals surface area contributed by atoms with E-state index in [4.69, 9.17) is 0 Å². The highest BCUT2D eigenvalue weighted by Gasteiger charge is 2.46. The van der Waals surface area contributed by atoms with Crippen molar-refractivity contribution < 1.29 is 26.4 Å². The molecule has 1 aromatic rings. The summed E-state index contributed by atoms with van der Waals surface area (Å²) in [5.41, 5.74) is -1.21. The summed E-state index contributed by atoms with van der Waals surface area (Å²) in [5, 5.41) is 0. The van der Waals surface area contributed by atoms with Crippen molar-refractivity contribution in [1.82, 2.24) is 14.2 Å². The van der Waals surface area contributed by atoms with Gasteiger partial charge in [0.15, 0.2) is 0 Å². The minimum atomic E-state index is -4.62. The van der Waals surface area contributed by atoms with Crippen LogP contribution in [0.2, 0.25) is 0 Å². The molecule has 6 nitrogen and oxygen atoms in total. The SMILES string of the molecule is CS(=O)(=O)N1CC[C@@H]2CN(C(=O)c3ccnc(C(F)(F)F)c3)C[C@@H]21. The molecular weight excluding hydrogens is 347 g/mol. The van der Waals surface area contributed by atoms with Crippen molar-refractivity contribution in [3.8, 4) is 0 Å². The largest absolute Gasteiger partial charge is 0.433 e. The highest BCUT2D eigenvalue weighted by Crippen LogP contribution is 2.34. The Labute approximate surface area is 137 Å². The second-order valence-electron chi connectivity index (χ2n) is 6.13. The van der Waals surface area contributed by atoms with Crippen LogP contribution in [0.15, 0.2) is 18.3 Å². The van der Waals surface area contributed by atoms with Crippen LogP contribution in [0.4, 0.5) is 13.2 Å². The summed E-state index contributed by atoms with van der Waals surface area (Å²) in [4.78, 5) is 17.1. The summed E-state index contributed by atoms with van der Waals surface area (Å²) < 4.78 is 63.1. The van der Waals surface area contributed by atoms with E-state index in [0.29, 0.717) is 19.5 Å². The van der Waals surface area contributed by atoms with Crippen LogP contribution >= 0.6 is 0 Å². The molecule has 2 fully saturated rings. The van der Waals surface area contributed by atoms with Gasteiger partial charge in [-0.2, -0.15) is 17.5 Å². The number of likely N-dealkylation sites (tertiary alicyclic amines) is 1. The number of carbonyl (C=O) groups is 1. The van der Waals surface area contributed by atoms with Crippen molar-refractivity contribution in [2.24, 2.45) is 5.92 Å². The lowest BCUT2D eigenvalue weighted by Crippen LogP contribution is -2.40. The maximum atomic E-state index is 12.7. The molecule has 3 rings (SSSR count). The molecule has 2 atom stereocenters. The minimum absolute atomic E-state index is 0.0209. The number of hydrogen-bond acceptors (Lipinski definition) is 4. The molecule has 0 spiro atoms. The molecule has 132 valence electrons. The number of halogens is 3. The maximum Gasteiger partial charge on any atom is 0.433 e. The topological polar surface area (TPSA) is 70.6 Å². The molecule has 3 heterocycles. The maximum absolute atomic E-state index is 12.7. The van der Waals surface area contributed by atoms with Crippen molar-refractivity contribution in [2.75, 3.05) is 25.9 Å². The Bertz CT molecular complexity index is 766. The van der Waals surface area contributed by atoms with E-state index in [1.54, 1.807) is 0 Å².